The van der Waals surface area contributed by atoms with Gasteiger partial charge in [-0.2, -0.15) is 0 Å². The van der Waals surface area contributed by atoms with Crippen LogP contribution in [-0.4, -0.2) is 54.5 Å². The zero-order valence-electron chi connectivity index (χ0n) is 10.4. The molecule has 100 valence electrons. The number of rotatable bonds is 4. The van der Waals surface area contributed by atoms with E-state index in [1.165, 1.54) is 0 Å². The van der Waals surface area contributed by atoms with Crippen LogP contribution >= 0.6 is 0 Å². The molecule has 0 saturated carbocycles. The molecule has 5 nitrogen and oxygen atoms in total. The lowest BCUT2D eigenvalue weighted by molar-refractivity contribution is 0.109. The van der Waals surface area contributed by atoms with E-state index in [2.05, 4.69) is 4.98 Å². The van der Waals surface area contributed by atoms with E-state index >= 15 is 0 Å². The molecule has 0 radical (unpaired) electrons. The minimum atomic E-state index is -2.88. The van der Waals surface area contributed by atoms with Crippen molar-refractivity contribution in [1.29, 1.82) is 0 Å². The van der Waals surface area contributed by atoms with Crippen molar-refractivity contribution in [3.05, 3.63) is 30.1 Å². The van der Waals surface area contributed by atoms with E-state index in [4.69, 9.17) is 0 Å². The minimum Gasteiger partial charge on any atom is -0.387 e. The number of likely N-dealkylation sites (N-methyl/N-ethyl adjacent to an activating group) is 1. The zero-order valence-corrected chi connectivity index (χ0v) is 11.2. The molecular weight excluding hydrogens is 252 g/mol. The van der Waals surface area contributed by atoms with Gasteiger partial charge in [-0.25, -0.2) is 8.42 Å². The van der Waals surface area contributed by atoms with Crippen LogP contribution in [0.2, 0.25) is 0 Å². The van der Waals surface area contributed by atoms with Gasteiger partial charge < -0.3 is 5.11 Å². The van der Waals surface area contributed by atoms with Crippen molar-refractivity contribution in [2.75, 3.05) is 25.1 Å². The number of hydrogen-bond acceptors (Lipinski definition) is 5. The average molecular weight is 270 g/mol. The molecule has 2 rings (SSSR count). The third kappa shape index (κ3) is 3.28. The quantitative estimate of drug-likeness (QED) is 0.848. The van der Waals surface area contributed by atoms with Crippen LogP contribution in [0.25, 0.3) is 0 Å². The van der Waals surface area contributed by atoms with Crippen molar-refractivity contribution in [3.63, 3.8) is 0 Å². The topological polar surface area (TPSA) is 70.5 Å². The Morgan fingerprint density at radius 3 is 2.94 bits per heavy atom. The molecule has 2 unspecified atom stereocenters. The number of aliphatic hydroxyl groups excluding tert-OH is 1. The first-order chi connectivity index (χ1) is 8.48. The van der Waals surface area contributed by atoms with Crippen molar-refractivity contribution < 1.29 is 13.5 Å². The number of aliphatic hydroxyl groups is 1. The Kier molecular flexibility index (Phi) is 3.99. The normalized spacial score (nSPS) is 24.3. The molecule has 2 atom stereocenters. The molecule has 0 spiro atoms. The molecule has 0 bridgehead atoms. The predicted molar refractivity (Wildman–Crippen MR) is 68.9 cm³/mol. The van der Waals surface area contributed by atoms with Gasteiger partial charge in [0.1, 0.15) is 0 Å². The third-order valence-electron chi connectivity index (χ3n) is 3.36. The SMILES string of the molecule is CN(CC(O)c1cccnc1)C1CCS(=O)(=O)C1. The van der Waals surface area contributed by atoms with Crippen LogP contribution in [-0.2, 0) is 9.84 Å². The number of nitrogens with zero attached hydrogens (tertiary/aromatic N) is 2. The Balaban J connectivity index is 1.94. The molecule has 6 heteroatoms. The fourth-order valence-electron chi connectivity index (χ4n) is 2.22. The second-order valence-electron chi connectivity index (χ2n) is 4.80. The van der Waals surface area contributed by atoms with Crippen LogP contribution < -0.4 is 0 Å². The average Bonchev–Trinajstić information content (AvgIpc) is 2.71. The van der Waals surface area contributed by atoms with Crippen LogP contribution in [0.5, 0.6) is 0 Å². The highest BCUT2D eigenvalue weighted by molar-refractivity contribution is 7.91. The maximum atomic E-state index is 11.4. The van der Waals surface area contributed by atoms with Crippen molar-refractivity contribution in [2.24, 2.45) is 0 Å². The molecule has 1 N–H and O–H groups in total. The first kappa shape index (κ1) is 13.5. The summed E-state index contributed by atoms with van der Waals surface area (Å²) in [5.41, 5.74) is 0.755. The van der Waals surface area contributed by atoms with Gasteiger partial charge in [0.2, 0.25) is 0 Å². The van der Waals surface area contributed by atoms with Crippen molar-refractivity contribution >= 4 is 9.84 Å². The lowest BCUT2D eigenvalue weighted by atomic mass is 10.1. The number of hydrogen-bond donors (Lipinski definition) is 1. The van der Waals surface area contributed by atoms with Gasteiger partial charge in [-0.3, -0.25) is 9.88 Å². The summed E-state index contributed by atoms with van der Waals surface area (Å²) in [5, 5.41) is 10.1. The van der Waals surface area contributed by atoms with Crippen molar-refractivity contribution in [3.8, 4) is 0 Å². The molecule has 0 aromatic carbocycles. The summed E-state index contributed by atoms with van der Waals surface area (Å²) in [5.74, 6) is 0.453. The van der Waals surface area contributed by atoms with E-state index in [0.717, 1.165) is 5.56 Å². The Bertz CT molecular complexity index is 489. The predicted octanol–water partition coefficient (Wildman–Crippen LogP) is 0.234. The molecule has 1 aromatic rings. The van der Waals surface area contributed by atoms with E-state index in [-0.39, 0.29) is 17.5 Å². The second kappa shape index (κ2) is 5.34. The maximum absolute atomic E-state index is 11.4. The summed E-state index contributed by atoms with van der Waals surface area (Å²) >= 11 is 0. The zero-order chi connectivity index (χ0) is 13.2. The number of pyridine rings is 1. The molecule has 1 aliphatic rings. The van der Waals surface area contributed by atoms with Gasteiger partial charge in [0.25, 0.3) is 0 Å². The molecule has 1 fully saturated rings. The molecular formula is C12H18N2O3S. The molecule has 1 saturated heterocycles. The molecule has 1 aromatic heterocycles. The van der Waals surface area contributed by atoms with Gasteiger partial charge in [0.15, 0.2) is 9.84 Å². The summed E-state index contributed by atoms with van der Waals surface area (Å²) in [6, 6.07) is 3.61. The van der Waals surface area contributed by atoms with Crippen molar-refractivity contribution in [2.45, 2.75) is 18.6 Å². The Morgan fingerprint density at radius 2 is 2.39 bits per heavy atom. The number of sulfone groups is 1. The third-order valence-corrected chi connectivity index (χ3v) is 5.11. The smallest absolute Gasteiger partial charge is 0.151 e. The van der Waals surface area contributed by atoms with Gasteiger partial charge >= 0.3 is 0 Å². The second-order valence-corrected chi connectivity index (χ2v) is 7.03. The van der Waals surface area contributed by atoms with Gasteiger partial charge in [-0.05, 0) is 19.5 Å². The van der Waals surface area contributed by atoms with Gasteiger partial charge in [-0.1, -0.05) is 6.07 Å². The van der Waals surface area contributed by atoms with Crippen LogP contribution in [0.1, 0.15) is 18.1 Å². The number of aromatic nitrogens is 1. The standard InChI is InChI=1S/C12H18N2O3S/c1-14(11-4-6-18(16,17)9-11)8-12(15)10-3-2-5-13-7-10/h2-3,5,7,11-12,15H,4,6,8-9H2,1H3. The Morgan fingerprint density at radius 1 is 1.61 bits per heavy atom. The van der Waals surface area contributed by atoms with Crippen LogP contribution in [0.15, 0.2) is 24.5 Å². The molecule has 2 heterocycles. The summed E-state index contributed by atoms with van der Waals surface area (Å²) in [6.45, 7) is 0.423. The molecule has 1 aliphatic heterocycles. The molecule has 0 amide bonds. The largest absolute Gasteiger partial charge is 0.387 e. The highest BCUT2D eigenvalue weighted by Gasteiger charge is 2.31. The van der Waals surface area contributed by atoms with E-state index in [1.54, 1.807) is 18.5 Å². The summed E-state index contributed by atoms with van der Waals surface area (Å²) in [6.07, 6.45) is 3.30. The lowest BCUT2D eigenvalue weighted by Gasteiger charge is -2.25. The minimum absolute atomic E-state index is 0.0151. The highest BCUT2D eigenvalue weighted by atomic mass is 32.2. The lowest BCUT2D eigenvalue weighted by Crippen LogP contribution is -2.35. The van der Waals surface area contributed by atoms with E-state index in [0.29, 0.717) is 13.0 Å². The molecule has 0 aliphatic carbocycles. The van der Waals surface area contributed by atoms with Crippen LogP contribution in [0.4, 0.5) is 0 Å². The van der Waals surface area contributed by atoms with E-state index in [1.807, 2.05) is 18.0 Å². The van der Waals surface area contributed by atoms with Gasteiger partial charge in [-0.15, -0.1) is 0 Å². The van der Waals surface area contributed by atoms with E-state index in [9.17, 15) is 13.5 Å². The Hall–Kier alpha value is -0.980. The van der Waals surface area contributed by atoms with E-state index < -0.39 is 15.9 Å². The fourth-order valence-corrected chi connectivity index (χ4v) is 4.03. The monoisotopic (exact) mass is 270 g/mol. The first-order valence-corrected chi connectivity index (χ1v) is 7.79. The maximum Gasteiger partial charge on any atom is 0.151 e. The fraction of sp³-hybridized carbons (Fsp3) is 0.583. The van der Waals surface area contributed by atoms with Crippen molar-refractivity contribution in [1.82, 2.24) is 9.88 Å². The summed E-state index contributed by atoms with van der Waals surface area (Å²) in [4.78, 5) is 5.88. The molecule has 18 heavy (non-hydrogen) atoms. The summed E-state index contributed by atoms with van der Waals surface area (Å²) in [7, 11) is -1.02. The highest BCUT2D eigenvalue weighted by Crippen LogP contribution is 2.19. The van der Waals surface area contributed by atoms with Crippen LogP contribution in [0.3, 0.4) is 0 Å². The Labute approximate surface area is 107 Å². The van der Waals surface area contributed by atoms with Gasteiger partial charge in [0, 0.05) is 30.5 Å². The van der Waals surface area contributed by atoms with Gasteiger partial charge in [0.05, 0.1) is 17.6 Å². The summed E-state index contributed by atoms with van der Waals surface area (Å²) < 4.78 is 22.8. The van der Waals surface area contributed by atoms with Crippen LogP contribution in [0, 0.1) is 0 Å². The first-order valence-electron chi connectivity index (χ1n) is 5.96.